The summed E-state index contributed by atoms with van der Waals surface area (Å²) in [6, 6.07) is 0. The lowest BCUT2D eigenvalue weighted by atomic mass is 9.91. The van der Waals surface area contributed by atoms with Crippen molar-refractivity contribution in [3.05, 3.63) is 12.2 Å². The average molecular weight is 256 g/mol. The minimum atomic E-state index is -0.704. The van der Waals surface area contributed by atoms with Gasteiger partial charge in [0.25, 0.3) is 0 Å². The zero-order valence-corrected chi connectivity index (χ0v) is 12.8. The van der Waals surface area contributed by atoms with Crippen LogP contribution in [0.4, 0.5) is 0 Å². The highest BCUT2D eigenvalue weighted by Gasteiger charge is 2.11. The molecular weight excluding hydrogens is 228 g/mol. The van der Waals surface area contributed by atoms with Gasteiger partial charge in [0.1, 0.15) is 0 Å². The number of hydrogen-bond acceptors (Lipinski definition) is 2. The van der Waals surface area contributed by atoms with Crippen LogP contribution in [-0.4, -0.2) is 16.9 Å². The first-order valence-corrected chi connectivity index (χ1v) is 6.25. The number of aliphatic carboxylic acids is 1. The van der Waals surface area contributed by atoms with Crippen molar-refractivity contribution in [3.8, 4) is 0 Å². The minimum Gasteiger partial charge on any atom is -0.481 e. The monoisotopic (exact) mass is 256 g/mol. The van der Waals surface area contributed by atoms with Crippen molar-refractivity contribution >= 4 is 11.8 Å². The molecule has 0 aromatic carbocycles. The average Bonchev–Trinajstić information content (AvgIpc) is 2.10. The molecule has 0 spiro atoms. The van der Waals surface area contributed by atoms with Gasteiger partial charge in [-0.05, 0) is 30.3 Å². The summed E-state index contributed by atoms with van der Waals surface area (Å²) in [6.45, 7) is 13.9. The van der Waals surface area contributed by atoms with Gasteiger partial charge in [-0.1, -0.05) is 47.6 Å². The highest BCUT2D eigenvalue weighted by Crippen LogP contribution is 2.19. The van der Waals surface area contributed by atoms with E-state index in [2.05, 4.69) is 20.8 Å². The molecule has 0 heterocycles. The van der Waals surface area contributed by atoms with E-state index in [-0.39, 0.29) is 23.0 Å². The Labute approximate surface area is 111 Å². The van der Waals surface area contributed by atoms with Gasteiger partial charge in [-0.2, -0.15) is 0 Å². The number of carbonyl (C=O) groups is 2. The molecule has 18 heavy (non-hydrogen) atoms. The van der Waals surface area contributed by atoms with Gasteiger partial charge in [0.05, 0.1) is 0 Å². The maximum atomic E-state index is 10.4. The second kappa shape index (κ2) is 8.06. The summed E-state index contributed by atoms with van der Waals surface area (Å²) in [5.74, 6) is -0.588. The quantitative estimate of drug-likeness (QED) is 0.774. The fraction of sp³-hybridized carbons (Fsp3) is 0.733. The Morgan fingerprint density at radius 3 is 1.61 bits per heavy atom. The molecule has 0 fully saturated rings. The van der Waals surface area contributed by atoms with Crippen LogP contribution in [-0.2, 0) is 9.59 Å². The van der Waals surface area contributed by atoms with Gasteiger partial charge < -0.3 is 5.11 Å². The number of allylic oxidation sites excluding steroid dienone is 2. The lowest BCUT2D eigenvalue weighted by Crippen LogP contribution is -2.07. The molecule has 0 bridgehead atoms. The number of carboxylic acid groups (broad SMARTS) is 1. The molecule has 0 radical (unpaired) electrons. The molecule has 1 N–H and O–H groups in total. The van der Waals surface area contributed by atoms with E-state index >= 15 is 0 Å². The van der Waals surface area contributed by atoms with Gasteiger partial charge in [-0.3, -0.25) is 9.59 Å². The molecule has 0 amide bonds. The second-order valence-electron chi connectivity index (χ2n) is 6.76. The van der Waals surface area contributed by atoms with E-state index in [1.807, 2.05) is 26.8 Å². The summed E-state index contributed by atoms with van der Waals surface area (Å²) in [4.78, 5) is 20.4. The lowest BCUT2D eigenvalue weighted by molar-refractivity contribution is -0.137. The summed E-state index contributed by atoms with van der Waals surface area (Å²) in [7, 11) is 0. The molecule has 0 saturated carbocycles. The minimum absolute atomic E-state index is 0.116. The first kappa shape index (κ1) is 19.2. The van der Waals surface area contributed by atoms with Crippen molar-refractivity contribution in [2.24, 2.45) is 10.8 Å². The first-order valence-electron chi connectivity index (χ1n) is 6.25. The molecule has 0 rings (SSSR count). The predicted octanol–water partition coefficient (Wildman–Crippen LogP) is 4.08. The number of rotatable bonds is 3. The molecular formula is C15H28O3. The van der Waals surface area contributed by atoms with Crippen molar-refractivity contribution in [1.29, 1.82) is 0 Å². The van der Waals surface area contributed by atoms with Gasteiger partial charge in [-0.25, -0.2) is 0 Å². The van der Waals surface area contributed by atoms with E-state index < -0.39 is 5.97 Å². The summed E-state index contributed by atoms with van der Waals surface area (Å²) < 4.78 is 0. The van der Waals surface area contributed by atoms with Crippen molar-refractivity contribution in [3.63, 3.8) is 0 Å². The van der Waals surface area contributed by atoms with Crippen molar-refractivity contribution < 1.29 is 14.7 Å². The largest absolute Gasteiger partial charge is 0.481 e. The molecule has 0 aliphatic heterocycles. The van der Waals surface area contributed by atoms with Crippen LogP contribution in [0.25, 0.3) is 0 Å². The highest BCUT2D eigenvalue weighted by atomic mass is 16.4. The molecule has 0 aromatic rings. The van der Waals surface area contributed by atoms with Crippen LogP contribution in [0.15, 0.2) is 12.2 Å². The molecule has 0 saturated heterocycles. The summed E-state index contributed by atoms with van der Waals surface area (Å²) in [6.07, 6.45) is 4.56. The van der Waals surface area contributed by atoms with E-state index in [1.165, 1.54) is 0 Å². The smallest absolute Gasteiger partial charge is 0.303 e. The standard InChI is InChI=1S/C8H14O.C7H14O2/c1-7(9)5-6-8(2,3)4;1-7(2,3)5-4-6(8)9/h5-6H,1-4H3;4-5H2,1-3H3,(H,8,9). The molecule has 106 valence electrons. The van der Waals surface area contributed by atoms with Crippen LogP contribution in [0.2, 0.25) is 0 Å². The SMILES string of the molecule is CC(=O)C=CC(C)(C)C.CC(C)(C)CCC(=O)O. The van der Waals surface area contributed by atoms with E-state index in [0.29, 0.717) is 0 Å². The second-order valence-corrected chi connectivity index (χ2v) is 6.76. The molecule has 0 unspecified atom stereocenters. The fourth-order valence-corrected chi connectivity index (χ4v) is 0.849. The Morgan fingerprint density at radius 1 is 1.06 bits per heavy atom. The lowest BCUT2D eigenvalue weighted by Gasteiger charge is -2.15. The topological polar surface area (TPSA) is 54.4 Å². The van der Waals surface area contributed by atoms with Crippen molar-refractivity contribution in [2.75, 3.05) is 0 Å². The molecule has 3 nitrogen and oxygen atoms in total. The summed E-state index contributed by atoms with van der Waals surface area (Å²) in [5.41, 5.74) is 0.282. The Morgan fingerprint density at radius 2 is 1.50 bits per heavy atom. The molecule has 0 atom stereocenters. The maximum Gasteiger partial charge on any atom is 0.303 e. The number of carbonyl (C=O) groups excluding carboxylic acids is 1. The zero-order chi connectivity index (χ0) is 15.0. The van der Waals surface area contributed by atoms with E-state index in [0.717, 1.165) is 6.42 Å². The Hall–Kier alpha value is -1.12. The normalized spacial score (nSPS) is 11.9. The fourth-order valence-electron chi connectivity index (χ4n) is 0.849. The maximum absolute atomic E-state index is 10.4. The van der Waals surface area contributed by atoms with Crippen LogP contribution >= 0.6 is 0 Å². The Kier molecular flexibility index (Phi) is 8.61. The molecule has 3 heteroatoms. The van der Waals surface area contributed by atoms with E-state index in [9.17, 15) is 9.59 Å². The highest BCUT2D eigenvalue weighted by molar-refractivity contribution is 5.87. The number of hydrogen-bond donors (Lipinski definition) is 1. The Balaban J connectivity index is 0. The van der Waals surface area contributed by atoms with Crippen LogP contribution < -0.4 is 0 Å². The van der Waals surface area contributed by atoms with Gasteiger partial charge in [-0.15, -0.1) is 0 Å². The van der Waals surface area contributed by atoms with Gasteiger partial charge in [0.15, 0.2) is 5.78 Å². The van der Waals surface area contributed by atoms with Crippen LogP contribution in [0, 0.1) is 10.8 Å². The number of carboxylic acids is 1. The van der Waals surface area contributed by atoms with Crippen LogP contribution in [0.3, 0.4) is 0 Å². The number of ketones is 1. The summed E-state index contributed by atoms with van der Waals surface area (Å²) >= 11 is 0. The Bertz CT molecular complexity index is 288. The zero-order valence-electron chi connectivity index (χ0n) is 12.8. The van der Waals surface area contributed by atoms with Crippen molar-refractivity contribution in [2.45, 2.75) is 61.3 Å². The predicted molar refractivity (Wildman–Crippen MR) is 75.6 cm³/mol. The third-order valence-electron chi connectivity index (χ3n) is 1.91. The summed E-state index contributed by atoms with van der Waals surface area (Å²) in [5, 5.41) is 8.28. The van der Waals surface area contributed by atoms with Crippen LogP contribution in [0.5, 0.6) is 0 Å². The van der Waals surface area contributed by atoms with E-state index in [4.69, 9.17) is 5.11 Å². The first-order chi connectivity index (χ1) is 7.83. The molecule has 0 aromatic heterocycles. The van der Waals surface area contributed by atoms with Gasteiger partial charge in [0, 0.05) is 6.42 Å². The van der Waals surface area contributed by atoms with E-state index in [1.54, 1.807) is 13.0 Å². The van der Waals surface area contributed by atoms with Crippen LogP contribution in [0.1, 0.15) is 61.3 Å². The third-order valence-corrected chi connectivity index (χ3v) is 1.91. The molecule has 0 aliphatic rings. The van der Waals surface area contributed by atoms with Crippen molar-refractivity contribution in [1.82, 2.24) is 0 Å². The van der Waals surface area contributed by atoms with Gasteiger partial charge in [0.2, 0.25) is 0 Å². The molecule has 0 aliphatic carbocycles. The van der Waals surface area contributed by atoms with Gasteiger partial charge >= 0.3 is 5.97 Å². The third kappa shape index (κ3) is 24.2.